The van der Waals surface area contributed by atoms with Gasteiger partial charge in [0.25, 0.3) is 0 Å². The molecule has 0 aliphatic rings. The van der Waals surface area contributed by atoms with Gasteiger partial charge in [-0.05, 0) is 51.5 Å². The van der Waals surface area contributed by atoms with Gasteiger partial charge in [-0.2, -0.15) is 0 Å². The lowest BCUT2D eigenvalue weighted by molar-refractivity contribution is 0.0378. The molecule has 1 N–H and O–H groups in total. The maximum Gasteiger partial charge on any atom is 0.338 e. The van der Waals surface area contributed by atoms with Gasteiger partial charge in [0.05, 0.1) is 17.1 Å². The summed E-state index contributed by atoms with van der Waals surface area (Å²) in [5, 5.41) is 4.32. The van der Waals surface area contributed by atoms with E-state index in [0.717, 1.165) is 21.7 Å². The second-order valence-electron chi connectivity index (χ2n) is 5.85. The molecule has 0 unspecified atom stereocenters. The highest BCUT2D eigenvalue weighted by Gasteiger charge is 2.13. The molecule has 0 fully saturated rings. The third-order valence-corrected chi connectivity index (χ3v) is 4.78. The zero-order chi connectivity index (χ0) is 17.3. The standard InChI is InChI=1S/C18H19N3O2S/c1-10(2)23-18(22)13-6-5-7-14(8-13)21-16-15-11(3)12(4)24-17(15)20-9-19-16/h5-10H,1-4H3,(H,19,20,21). The molecule has 0 aliphatic carbocycles. The third-order valence-electron chi connectivity index (χ3n) is 3.67. The molecule has 124 valence electrons. The topological polar surface area (TPSA) is 64.1 Å². The van der Waals surface area contributed by atoms with E-state index < -0.39 is 0 Å². The van der Waals surface area contributed by atoms with Crippen LogP contribution in [0.1, 0.15) is 34.6 Å². The fraction of sp³-hybridized carbons (Fsp3) is 0.278. The molecule has 24 heavy (non-hydrogen) atoms. The highest BCUT2D eigenvalue weighted by atomic mass is 32.1. The lowest BCUT2D eigenvalue weighted by atomic mass is 10.2. The molecule has 0 spiro atoms. The Bertz CT molecular complexity index is 902. The van der Waals surface area contributed by atoms with Crippen LogP contribution in [-0.4, -0.2) is 22.0 Å². The molecule has 2 heterocycles. The number of fused-ring (bicyclic) bond motifs is 1. The Morgan fingerprint density at radius 1 is 1.25 bits per heavy atom. The van der Waals surface area contributed by atoms with Crippen LogP contribution in [0.5, 0.6) is 0 Å². The van der Waals surface area contributed by atoms with E-state index in [1.807, 2.05) is 26.0 Å². The highest BCUT2D eigenvalue weighted by Crippen LogP contribution is 2.33. The molecule has 0 saturated carbocycles. The molecule has 3 aromatic rings. The fourth-order valence-corrected chi connectivity index (χ4v) is 3.42. The summed E-state index contributed by atoms with van der Waals surface area (Å²) in [6.07, 6.45) is 1.41. The van der Waals surface area contributed by atoms with Gasteiger partial charge in [-0.3, -0.25) is 0 Å². The largest absolute Gasteiger partial charge is 0.459 e. The van der Waals surface area contributed by atoms with Gasteiger partial charge in [-0.1, -0.05) is 6.07 Å². The second-order valence-corrected chi connectivity index (χ2v) is 7.05. The minimum atomic E-state index is -0.330. The number of thiophene rings is 1. The maximum absolute atomic E-state index is 12.1. The predicted octanol–water partition coefficient (Wildman–Crippen LogP) is 4.62. The number of hydrogen-bond donors (Lipinski definition) is 1. The number of carbonyl (C=O) groups excluding carboxylic acids is 1. The van der Waals surface area contributed by atoms with Crippen LogP contribution in [0.15, 0.2) is 30.6 Å². The summed E-state index contributed by atoms with van der Waals surface area (Å²) in [6.45, 7) is 7.81. The average molecular weight is 341 g/mol. The zero-order valence-corrected chi connectivity index (χ0v) is 14.9. The summed E-state index contributed by atoms with van der Waals surface area (Å²) in [5.41, 5.74) is 2.47. The van der Waals surface area contributed by atoms with E-state index in [0.29, 0.717) is 5.56 Å². The summed E-state index contributed by atoms with van der Waals surface area (Å²) in [4.78, 5) is 22.9. The lowest BCUT2D eigenvalue weighted by Gasteiger charge is -2.10. The molecule has 0 atom stereocenters. The molecule has 3 rings (SSSR count). The summed E-state index contributed by atoms with van der Waals surface area (Å²) in [7, 11) is 0. The number of nitrogens with zero attached hydrogens (tertiary/aromatic N) is 2. The Morgan fingerprint density at radius 2 is 2.04 bits per heavy atom. The normalized spacial score (nSPS) is 11.0. The number of aromatic nitrogens is 2. The number of ether oxygens (including phenoxy) is 1. The SMILES string of the molecule is Cc1sc2ncnc(Nc3cccc(C(=O)OC(C)C)c3)c2c1C. The van der Waals surface area contributed by atoms with Crippen molar-refractivity contribution in [2.45, 2.75) is 33.8 Å². The van der Waals surface area contributed by atoms with Crippen LogP contribution in [0.4, 0.5) is 11.5 Å². The van der Waals surface area contributed by atoms with Gasteiger partial charge >= 0.3 is 5.97 Å². The summed E-state index contributed by atoms with van der Waals surface area (Å²) in [6, 6.07) is 7.23. The molecular formula is C18H19N3O2S. The smallest absolute Gasteiger partial charge is 0.338 e. The van der Waals surface area contributed by atoms with Crippen molar-refractivity contribution in [3.8, 4) is 0 Å². The van der Waals surface area contributed by atoms with E-state index in [9.17, 15) is 4.79 Å². The third kappa shape index (κ3) is 3.23. The minimum Gasteiger partial charge on any atom is -0.459 e. The molecule has 2 aromatic heterocycles. The molecule has 1 aromatic carbocycles. The van der Waals surface area contributed by atoms with Crippen molar-refractivity contribution in [3.63, 3.8) is 0 Å². The number of anilines is 2. The first-order valence-corrected chi connectivity index (χ1v) is 8.56. The number of hydrogen-bond acceptors (Lipinski definition) is 6. The van der Waals surface area contributed by atoms with Crippen LogP contribution < -0.4 is 5.32 Å². The summed E-state index contributed by atoms with van der Waals surface area (Å²) < 4.78 is 5.24. The number of esters is 1. The van der Waals surface area contributed by atoms with E-state index in [1.54, 1.807) is 29.8 Å². The Balaban J connectivity index is 1.93. The molecule has 0 radical (unpaired) electrons. The van der Waals surface area contributed by atoms with Crippen LogP contribution >= 0.6 is 11.3 Å². The first kappa shape index (κ1) is 16.4. The lowest BCUT2D eigenvalue weighted by Crippen LogP contribution is -2.11. The number of carbonyl (C=O) groups is 1. The number of rotatable bonds is 4. The van der Waals surface area contributed by atoms with E-state index in [-0.39, 0.29) is 12.1 Å². The van der Waals surface area contributed by atoms with E-state index in [1.165, 1.54) is 10.4 Å². The van der Waals surface area contributed by atoms with Crippen molar-refractivity contribution in [1.82, 2.24) is 9.97 Å². The van der Waals surface area contributed by atoms with Crippen molar-refractivity contribution < 1.29 is 9.53 Å². The average Bonchev–Trinajstić information content (AvgIpc) is 2.83. The molecule has 0 amide bonds. The predicted molar refractivity (Wildman–Crippen MR) is 97.2 cm³/mol. The van der Waals surface area contributed by atoms with E-state index in [2.05, 4.69) is 29.1 Å². The molecule has 0 aliphatic heterocycles. The van der Waals surface area contributed by atoms with Crippen molar-refractivity contribution >= 4 is 39.0 Å². The van der Waals surface area contributed by atoms with Gasteiger partial charge in [-0.15, -0.1) is 11.3 Å². The summed E-state index contributed by atoms with van der Waals surface area (Å²) in [5.74, 6) is 0.417. The Hall–Kier alpha value is -2.47. The van der Waals surface area contributed by atoms with Gasteiger partial charge in [0.15, 0.2) is 0 Å². The van der Waals surface area contributed by atoms with E-state index in [4.69, 9.17) is 4.74 Å². The first-order valence-electron chi connectivity index (χ1n) is 7.74. The minimum absolute atomic E-state index is 0.146. The first-order chi connectivity index (χ1) is 11.5. The van der Waals surface area contributed by atoms with Crippen LogP contribution in [0, 0.1) is 13.8 Å². The molecule has 0 saturated heterocycles. The molecular weight excluding hydrogens is 322 g/mol. The van der Waals surface area contributed by atoms with Crippen molar-refractivity contribution in [2.75, 3.05) is 5.32 Å². The van der Waals surface area contributed by atoms with Gasteiger partial charge in [0.2, 0.25) is 0 Å². The summed E-state index contributed by atoms with van der Waals surface area (Å²) >= 11 is 1.65. The van der Waals surface area contributed by atoms with Gasteiger partial charge in [-0.25, -0.2) is 14.8 Å². The molecule has 6 heteroatoms. The van der Waals surface area contributed by atoms with Crippen molar-refractivity contribution in [2.24, 2.45) is 0 Å². The quantitative estimate of drug-likeness (QED) is 0.702. The van der Waals surface area contributed by atoms with Crippen LogP contribution in [0.2, 0.25) is 0 Å². The van der Waals surface area contributed by atoms with Crippen molar-refractivity contribution in [3.05, 3.63) is 46.6 Å². The van der Waals surface area contributed by atoms with Crippen LogP contribution in [0.25, 0.3) is 10.2 Å². The maximum atomic E-state index is 12.1. The Labute approximate surface area is 144 Å². The zero-order valence-electron chi connectivity index (χ0n) is 14.1. The van der Waals surface area contributed by atoms with E-state index >= 15 is 0 Å². The Morgan fingerprint density at radius 3 is 2.79 bits per heavy atom. The number of aryl methyl sites for hydroxylation is 2. The van der Waals surface area contributed by atoms with Crippen molar-refractivity contribution in [1.29, 1.82) is 0 Å². The van der Waals surface area contributed by atoms with Gasteiger partial charge in [0, 0.05) is 10.6 Å². The second kappa shape index (κ2) is 6.57. The van der Waals surface area contributed by atoms with Crippen LogP contribution in [0.3, 0.4) is 0 Å². The number of benzene rings is 1. The monoisotopic (exact) mass is 341 g/mol. The molecule has 5 nitrogen and oxygen atoms in total. The van der Waals surface area contributed by atoms with Gasteiger partial charge < -0.3 is 10.1 Å². The number of nitrogens with one attached hydrogen (secondary N) is 1. The fourth-order valence-electron chi connectivity index (χ4n) is 2.42. The van der Waals surface area contributed by atoms with Crippen LogP contribution in [-0.2, 0) is 4.74 Å². The van der Waals surface area contributed by atoms with Gasteiger partial charge in [0.1, 0.15) is 17.0 Å². The highest BCUT2D eigenvalue weighted by molar-refractivity contribution is 7.18. The Kier molecular flexibility index (Phi) is 4.49. The molecule has 0 bridgehead atoms.